The van der Waals surface area contributed by atoms with Crippen LogP contribution in [0.1, 0.15) is 10.5 Å². The number of aromatic carboxylic acids is 1. The summed E-state index contributed by atoms with van der Waals surface area (Å²) in [5, 5.41) is 19.4. The summed E-state index contributed by atoms with van der Waals surface area (Å²) in [6.07, 6.45) is 0. The minimum atomic E-state index is -1.55. The molecular weight excluding hydrogens is 261 g/mol. The van der Waals surface area contributed by atoms with Crippen molar-refractivity contribution in [3.63, 3.8) is 0 Å². The zero-order valence-electron chi connectivity index (χ0n) is 9.45. The van der Waals surface area contributed by atoms with Gasteiger partial charge >= 0.3 is 11.7 Å². The lowest BCUT2D eigenvalue weighted by molar-refractivity contribution is -0.387. The fraction of sp³-hybridized carbons (Fsp3) is 0.100. The Morgan fingerprint density at radius 1 is 1.53 bits per heavy atom. The first-order chi connectivity index (χ1) is 8.82. The highest BCUT2D eigenvalue weighted by atomic mass is 19.1. The second kappa shape index (κ2) is 4.12. The molecule has 0 aliphatic carbocycles. The van der Waals surface area contributed by atoms with E-state index in [1.54, 1.807) is 0 Å². The van der Waals surface area contributed by atoms with Gasteiger partial charge in [-0.2, -0.15) is 4.39 Å². The molecule has 9 heteroatoms. The van der Waals surface area contributed by atoms with E-state index in [1.165, 1.54) is 7.05 Å². The van der Waals surface area contributed by atoms with Gasteiger partial charge in [0.1, 0.15) is 0 Å². The van der Waals surface area contributed by atoms with Gasteiger partial charge in [0, 0.05) is 19.2 Å². The van der Waals surface area contributed by atoms with Crippen LogP contribution in [0.25, 0.3) is 11.0 Å². The molecule has 0 atom stereocenters. The lowest BCUT2D eigenvalue weighted by atomic mass is 10.2. The number of nitrogens with zero attached hydrogens (tertiary/aromatic N) is 3. The van der Waals surface area contributed by atoms with E-state index in [4.69, 9.17) is 5.11 Å². The summed E-state index contributed by atoms with van der Waals surface area (Å²) in [5.74, 6) is -2.71. The minimum absolute atomic E-state index is 0.0249. The van der Waals surface area contributed by atoms with Gasteiger partial charge in [-0.05, 0) is 0 Å². The van der Waals surface area contributed by atoms with Crippen LogP contribution in [0.4, 0.5) is 10.1 Å². The van der Waals surface area contributed by atoms with Crippen LogP contribution in [0.15, 0.2) is 16.9 Å². The molecule has 0 amide bonds. The topological polar surface area (TPSA) is 115 Å². The molecule has 0 radical (unpaired) electrons. The standard InChI is InChI=1S/C10H6FN3O5/c1-13-7-3-6(14(18)19)4(11)2-5(7)12-8(9(13)15)10(16)17/h2-3H,1H3,(H,16,17). The molecular formula is C10H6FN3O5. The number of aryl methyl sites for hydroxylation is 1. The molecule has 98 valence electrons. The molecule has 0 aliphatic rings. The number of nitro groups is 1. The molecule has 2 aromatic rings. The Hall–Kier alpha value is -2.84. The van der Waals surface area contributed by atoms with Crippen LogP contribution in [-0.2, 0) is 7.05 Å². The van der Waals surface area contributed by atoms with Gasteiger partial charge in [-0.25, -0.2) is 9.78 Å². The molecule has 0 spiro atoms. The average molecular weight is 267 g/mol. The van der Waals surface area contributed by atoms with Crippen molar-refractivity contribution in [1.29, 1.82) is 0 Å². The summed E-state index contributed by atoms with van der Waals surface area (Å²) in [5.41, 5.74) is -2.69. The third-order valence-corrected chi connectivity index (χ3v) is 2.54. The maximum absolute atomic E-state index is 13.4. The Balaban J connectivity index is 2.94. The highest BCUT2D eigenvalue weighted by Gasteiger charge is 2.20. The number of hydrogen-bond acceptors (Lipinski definition) is 5. The van der Waals surface area contributed by atoms with Crippen molar-refractivity contribution in [1.82, 2.24) is 9.55 Å². The third kappa shape index (κ3) is 1.90. The number of nitro benzene ring substituents is 1. The molecule has 0 unspecified atom stereocenters. The lowest BCUT2D eigenvalue weighted by Gasteiger charge is -2.06. The maximum atomic E-state index is 13.4. The Morgan fingerprint density at radius 3 is 2.68 bits per heavy atom. The van der Waals surface area contributed by atoms with Crippen LogP contribution in [0.3, 0.4) is 0 Å². The van der Waals surface area contributed by atoms with Crippen LogP contribution in [0.5, 0.6) is 0 Å². The van der Waals surface area contributed by atoms with Gasteiger partial charge < -0.3 is 9.67 Å². The molecule has 0 saturated heterocycles. The molecule has 0 saturated carbocycles. The fourth-order valence-electron chi connectivity index (χ4n) is 1.61. The van der Waals surface area contributed by atoms with Crippen molar-refractivity contribution in [2.75, 3.05) is 0 Å². The first-order valence-electron chi connectivity index (χ1n) is 4.91. The Bertz CT molecular complexity index is 783. The maximum Gasteiger partial charge on any atom is 0.360 e. The van der Waals surface area contributed by atoms with Crippen molar-refractivity contribution in [3.8, 4) is 0 Å². The summed E-state index contributed by atoms with van der Waals surface area (Å²) >= 11 is 0. The third-order valence-electron chi connectivity index (χ3n) is 2.54. The first kappa shape index (κ1) is 12.6. The molecule has 1 aromatic heterocycles. The van der Waals surface area contributed by atoms with Gasteiger partial charge in [0.15, 0.2) is 0 Å². The number of hydrogen-bond donors (Lipinski definition) is 1. The summed E-state index contributed by atoms with van der Waals surface area (Å²) in [4.78, 5) is 35.6. The first-order valence-corrected chi connectivity index (χ1v) is 4.91. The highest BCUT2D eigenvalue weighted by Crippen LogP contribution is 2.22. The van der Waals surface area contributed by atoms with Gasteiger partial charge in [0.2, 0.25) is 11.5 Å². The minimum Gasteiger partial charge on any atom is -0.476 e. The number of fused-ring (bicyclic) bond motifs is 1. The smallest absolute Gasteiger partial charge is 0.360 e. The van der Waals surface area contributed by atoms with Gasteiger partial charge in [0.05, 0.1) is 16.0 Å². The highest BCUT2D eigenvalue weighted by molar-refractivity contribution is 5.88. The number of halogens is 1. The van der Waals surface area contributed by atoms with E-state index in [1.807, 2.05) is 0 Å². The molecule has 0 bridgehead atoms. The number of aromatic nitrogens is 2. The number of carboxylic acid groups (broad SMARTS) is 1. The van der Waals surface area contributed by atoms with Crippen LogP contribution in [0, 0.1) is 15.9 Å². The largest absolute Gasteiger partial charge is 0.476 e. The van der Waals surface area contributed by atoms with Gasteiger partial charge in [-0.3, -0.25) is 14.9 Å². The summed E-state index contributed by atoms with van der Waals surface area (Å²) in [6, 6.07) is 1.56. The predicted molar refractivity (Wildman–Crippen MR) is 60.6 cm³/mol. The number of rotatable bonds is 2. The molecule has 0 aliphatic heterocycles. The Morgan fingerprint density at radius 2 is 2.16 bits per heavy atom. The predicted octanol–water partition coefficient (Wildman–Crippen LogP) is 0.679. The molecule has 0 fully saturated rings. The van der Waals surface area contributed by atoms with Gasteiger partial charge in [-0.15, -0.1) is 0 Å². The van der Waals surface area contributed by atoms with Crippen LogP contribution < -0.4 is 5.56 Å². The zero-order chi connectivity index (χ0) is 14.3. The van der Waals surface area contributed by atoms with Crippen LogP contribution >= 0.6 is 0 Å². The van der Waals surface area contributed by atoms with E-state index in [2.05, 4.69) is 4.98 Å². The summed E-state index contributed by atoms with van der Waals surface area (Å²) in [6.45, 7) is 0. The van der Waals surface area contributed by atoms with Crippen LogP contribution in [-0.4, -0.2) is 25.6 Å². The van der Waals surface area contributed by atoms with Gasteiger partial charge in [0.25, 0.3) is 5.56 Å². The second-order valence-electron chi connectivity index (χ2n) is 3.68. The van der Waals surface area contributed by atoms with Gasteiger partial charge in [-0.1, -0.05) is 0 Å². The van der Waals surface area contributed by atoms with Crippen molar-refractivity contribution in [3.05, 3.63) is 44.1 Å². The Labute approximate surface area is 103 Å². The molecule has 8 nitrogen and oxygen atoms in total. The van der Waals surface area contributed by atoms with E-state index < -0.39 is 33.7 Å². The van der Waals surface area contributed by atoms with E-state index in [9.17, 15) is 24.1 Å². The molecule has 1 N–H and O–H groups in total. The molecule has 1 heterocycles. The molecule has 2 rings (SSSR count). The number of benzene rings is 1. The number of carboxylic acids is 1. The quantitative estimate of drug-likeness (QED) is 0.631. The summed E-state index contributed by atoms with van der Waals surface area (Å²) < 4.78 is 14.3. The van der Waals surface area contributed by atoms with E-state index in [-0.39, 0.29) is 11.0 Å². The lowest BCUT2D eigenvalue weighted by Crippen LogP contribution is -2.26. The normalized spacial score (nSPS) is 10.6. The second-order valence-corrected chi connectivity index (χ2v) is 3.68. The van der Waals surface area contributed by atoms with Crippen LogP contribution in [0.2, 0.25) is 0 Å². The average Bonchev–Trinajstić information content (AvgIpc) is 2.32. The van der Waals surface area contributed by atoms with Crippen molar-refractivity contribution >= 4 is 22.7 Å². The van der Waals surface area contributed by atoms with E-state index in [0.717, 1.165) is 16.7 Å². The Kier molecular flexibility index (Phi) is 2.74. The van der Waals surface area contributed by atoms with Crippen molar-refractivity contribution in [2.45, 2.75) is 0 Å². The van der Waals surface area contributed by atoms with E-state index in [0.29, 0.717) is 0 Å². The molecule has 19 heavy (non-hydrogen) atoms. The zero-order valence-corrected chi connectivity index (χ0v) is 9.45. The van der Waals surface area contributed by atoms with Crippen molar-refractivity contribution < 1.29 is 19.2 Å². The fourth-order valence-corrected chi connectivity index (χ4v) is 1.61. The monoisotopic (exact) mass is 267 g/mol. The van der Waals surface area contributed by atoms with E-state index >= 15 is 0 Å². The summed E-state index contributed by atoms with van der Waals surface area (Å²) in [7, 11) is 1.22. The van der Waals surface area contributed by atoms with Crippen molar-refractivity contribution in [2.24, 2.45) is 7.05 Å². The SMILES string of the molecule is Cn1c(=O)c(C(=O)O)nc2cc(F)c([N+](=O)[O-])cc21. The number of carbonyl (C=O) groups is 1. The molecule has 1 aromatic carbocycles.